The second-order valence-electron chi connectivity index (χ2n) is 7.05. The number of guanidine groups is 1. The van der Waals surface area contributed by atoms with E-state index in [1.165, 1.54) is 20.0 Å². The maximum absolute atomic E-state index is 12.2. The third kappa shape index (κ3) is 10.1. The predicted octanol–water partition coefficient (Wildman–Crippen LogP) is 2.49. The summed E-state index contributed by atoms with van der Waals surface area (Å²) in [5, 5.41) is 6.59. The summed E-state index contributed by atoms with van der Waals surface area (Å²) in [5.74, 6) is 1.52. The lowest BCUT2D eigenvalue weighted by molar-refractivity contribution is 0.204. The van der Waals surface area contributed by atoms with Crippen LogP contribution in [0.5, 0.6) is 0 Å². The summed E-state index contributed by atoms with van der Waals surface area (Å²) in [6, 6.07) is 6.79. The van der Waals surface area contributed by atoms with Gasteiger partial charge in [0.2, 0.25) is 10.0 Å². The molecule has 0 radical (unpaired) electrons. The molecule has 7 nitrogen and oxygen atoms in total. The zero-order valence-electron chi connectivity index (χ0n) is 17.6. The minimum atomic E-state index is -3.50. The summed E-state index contributed by atoms with van der Waals surface area (Å²) in [4.78, 5) is 4.82. The van der Waals surface area contributed by atoms with Crippen molar-refractivity contribution in [3.63, 3.8) is 0 Å². The molecule has 0 fully saturated rings. The summed E-state index contributed by atoms with van der Waals surface area (Å²) in [6.45, 7) is 9.27. The van der Waals surface area contributed by atoms with Gasteiger partial charge in [0.1, 0.15) is 0 Å². The van der Waals surface area contributed by atoms with Gasteiger partial charge < -0.3 is 15.4 Å². The first-order chi connectivity index (χ1) is 13.4. The number of aliphatic imine (C=N–C) groups is 1. The van der Waals surface area contributed by atoms with Crippen molar-refractivity contribution in [1.29, 1.82) is 0 Å². The van der Waals surface area contributed by atoms with Crippen LogP contribution in [0.2, 0.25) is 0 Å². The van der Waals surface area contributed by atoms with Gasteiger partial charge in [-0.2, -0.15) is 0 Å². The van der Waals surface area contributed by atoms with Gasteiger partial charge in [-0.3, -0.25) is 0 Å². The first kappa shape index (κ1) is 24.4. The highest BCUT2D eigenvalue weighted by Gasteiger charge is 2.12. The molecule has 1 rings (SSSR count). The van der Waals surface area contributed by atoms with Gasteiger partial charge in [-0.05, 0) is 37.0 Å². The van der Waals surface area contributed by atoms with Crippen LogP contribution >= 0.6 is 0 Å². The minimum Gasteiger partial charge on any atom is -0.383 e. The van der Waals surface area contributed by atoms with Crippen molar-refractivity contribution < 1.29 is 13.2 Å². The standard InChI is InChI=1S/C20H36N4O3S/c1-5-21-20(22-13-7-6-8-17(2)3)23-16-18-9-11-19(12-10-18)28(25,26)24-14-15-27-4/h9-12,17,24H,5-8,13-16H2,1-4H3,(H2,21,22,23). The van der Waals surface area contributed by atoms with E-state index in [9.17, 15) is 8.42 Å². The fourth-order valence-electron chi connectivity index (χ4n) is 2.53. The Hall–Kier alpha value is -1.64. The molecule has 0 heterocycles. The Kier molecular flexibility index (Phi) is 11.8. The van der Waals surface area contributed by atoms with E-state index in [1.54, 1.807) is 24.3 Å². The molecule has 160 valence electrons. The smallest absolute Gasteiger partial charge is 0.240 e. The van der Waals surface area contributed by atoms with Crippen LogP contribution in [0.4, 0.5) is 0 Å². The van der Waals surface area contributed by atoms with Crippen LogP contribution in [0.3, 0.4) is 0 Å². The quantitative estimate of drug-likeness (QED) is 0.263. The normalized spacial score (nSPS) is 12.4. The molecule has 0 aromatic heterocycles. The lowest BCUT2D eigenvalue weighted by Gasteiger charge is -2.12. The lowest BCUT2D eigenvalue weighted by Crippen LogP contribution is -2.37. The molecule has 0 saturated carbocycles. The molecule has 0 atom stereocenters. The van der Waals surface area contributed by atoms with Crippen LogP contribution in [0.1, 0.15) is 45.6 Å². The molecule has 0 spiro atoms. The predicted molar refractivity (Wildman–Crippen MR) is 115 cm³/mol. The van der Waals surface area contributed by atoms with Crippen LogP contribution in [0.15, 0.2) is 34.2 Å². The van der Waals surface area contributed by atoms with Gasteiger partial charge in [0, 0.05) is 26.7 Å². The van der Waals surface area contributed by atoms with Gasteiger partial charge in [0.15, 0.2) is 5.96 Å². The van der Waals surface area contributed by atoms with Gasteiger partial charge in [-0.25, -0.2) is 18.1 Å². The molecule has 3 N–H and O–H groups in total. The first-order valence-electron chi connectivity index (χ1n) is 9.98. The highest BCUT2D eigenvalue weighted by Crippen LogP contribution is 2.11. The number of hydrogen-bond donors (Lipinski definition) is 3. The number of benzene rings is 1. The third-order valence-corrected chi connectivity index (χ3v) is 5.57. The highest BCUT2D eigenvalue weighted by atomic mass is 32.2. The topological polar surface area (TPSA) is 91.8 Å². The van der Waals surface area contributed by atoms with E-state index in [2.05, 4.69) is 34.2 Å². The molecule has 28 heavy (non-hydrogen) atoms. The van der Waals surface area contributed by atoms with Crippen molar-refractivity contribution in [2.75, 3.05) is 33.4 Å². The maximum atomic E-state index is 12.2. The number of nitrogens with one attached hydrogen (secondary N) is 3. The summed E-state index contributed by atoms with van der Waals surface area (Å²) in [7, 11) is -1.97. The van der Waals surface area contributed by atoms with E-state index >= 15 is 0 Å². The second-order valence-corrected chi connectivity index (χ2v) is 8.81. The van der Waals surface area contributed by atoms with Gasteiger partial charge in [-0.1, -0.05) is 38.8 Å². The number of hydrogen-bond acceptors (Lipinski definition) is 4. The largest absolute Gasteiger partial charge is 0.383 e. The number of methoxy groups -OCH3 is 1. The monoisotopic (exact) mass is 412 g/mol. The summed E-state index contributed by atoms with van der Waals surface area (Å²) < 4.78 is 31.7. The number of sulfonamides is 1. The minimum absolute atomic E-state index is 0.242. The van der Waals surface area contributed by atoms with E-state index in [-0.39, 0.29) is 11.4 Å². The molecule has 0 aliphatic carbocycles. The first-order valence-corrected chi connectivity index (χ1v) is 11.5. The highest BCUT2D eigenvalue weighted by molar-refractivity contribution is 7.89. The van der Waals surface area contributed by atoms with Crippen molar-refractivity contribution in [1.82, 2.24) is 15.4 Å². The Morgan fingerprint density at radius 2 is 1.82 bits per heavy atom. The Bertz CT molecular complexity index is 673. The molecule has 0 unspecified atom stereocenters. The molecule has 0 saturated heterocycles. The number of rotatable bonds is 13. The van der Waals surface area contributed by atoms with Gasteiger partial charge in [-0.15, -0.1) is 0 Å². The average molecular weight is 413 g/mol. The van der Waals surface area contributed by atoms with E-state index in [4.69, 9.17) is 4.74 Å². The summed E-state index contributed by atoms with van der Waals surface area (Å²) >= 11 is 0. The van der Waals surface area contributed by atoms with Gasteiger partial charge in [0.25, 0.3) is 0 Å². The summed E-state index contributed by atoms with van der Waals surface area (Å²) in [5.41, 5.74) is 0.952. The van der Waals surface area contributed by atoms with E-state index in [0.717, 1.165) is 37.0 Å². The molecule has 8 heteroatoms. The van der Waals surface area contributed by atoms with Crippen LogP contribution in [-0.2, 0) is 21.3 Å². The molecule has 0 aliphatic heterocycles. The van der Waals surface area contributed by atoms with Gasteiger partial charge in [0.05, 0.1) is 18.0 Å². The number of nitrogens with zero attached hydrogens (tertiary/aromatic N) is 1. The fraction of sp³-hybridized carbons (Fsp3) is 0.650. The van der Waals surface area contributed by atoms with Crippen LogP contribution in [-0.4, -0.2) is 47.7 Å². The third-order valence-electron chi connectivity index (χ3n) is 4.10. The zero-order chi connectivity index (χ0) is 20.8. The van der Waals surface area contributed by atoms with Gasteiger partial charge >= 0.3 is 0 Å². The van der Waals surface area contributed by atoms with Crippen molar-refractivity contribution in [3.8, 4) is 0 Å². The van der Waals surface area contributed by atoms with E-state index in [1.807, 2.05) is 6.92 Å². The molecule has 0 amide bonds. The van der Waals surface area contributed by atoms with Crippen molar-refractivity contribution in [3.05, 3.63) is 29.8 Å². The molecule has 1 aromatic rings. The molecular weight excluding hydrogens is 376 g/mol. The van der Waals surface area contributed by atoms with E-state index in [0.29, 0.717) is 13.2 Å². The van der Waals surface area contributed by atoms with Crippen LogP contribution in [0.25, 0.3) is 0 Å². The zero-order valence-corrected chi connectivity index (χ0v) is 18.4. The van der Waals surface area contributed by atoms with E-state index < -0.39 is 10.0 Å². The van der Waals surface area contributed by atoms with Crippen molar-refractivity contribution in [2.24, 2.45) is 10.9 Å². The lowest BCUT2D eigenvalue weighted by atomic mass is 10.1. The fourth-order valence-corrected chi connectivity index (χ4v) is 3.55. The SMILES string of the molecule is CCNC(=NCc1ccc(S(=O)(=O)NCCOC)cc1)NCCCCC(C)C. The van der Waals surface area contributed by atoms with Crippen LogP contribution in [0, 0.1) is 5.92 Å². The summed E-state index contributed by atoms with van der Waals surface area (Å²) in [6.07, 6.45) is 3.56. The number of unbranched alkanes of at least 4 members (excludes halogenated alkanes) is 1. The Morgan fingerprint density at radius 1 is 1.11 bits per heavy atom. The van der Waals surface area contributed by atoms with Crippen molar-refractivity contribution >= 4 is 16.0 Å². The Labute approximate surface area is 170 Å². The van der Waals surface area contributed by atoms with Crippen LogP contribution < -0.4 is 15.4 Å². The number of ether oxygens (including phenoxy) is 1. The molecule has 1 aromatic carbocycles. The second kappa shape index (κ2) is 13.5. The maximum Gasteiger partial charge on any atom is 0.240 e. The molecule has 0 bridgehead atoms. The average Bonchev–Trinajstić information content (AvgIpc) is 2.66. The Balaban J connectivity index is 2.57. The van der Waals surface area contributed by atoms with Crippen molar-refractivity contribution in [2.45, 2.75) is 51.5 Å². The molecular formula is C20H36N4O3S. The molecule has 0 aliphatic rings. The Morgan fingerprint density at radius 3 is 2.43 bits per heavy atom.